The van der Waals surface area contributed by atoms with Crippen LogP contribution in [0.5, 0.6) is 0 Å². The lowest BCUT2D eigenvalue weighted by atomic mass is 10.1. The number of hydrogen-bond donors (Lipinski definition) is 2. The van der Waals surface area contributed by atoms with E-state index in [1.54, 1.807) is 18.2 Å². The molecule has 0 radical (unpaired) electrons. The summed E-state index contributed by atoms with van der Waals surface area (Å²) >= 11 is 9.44. The molecule has 0 aliphatic carbocycles. The van der Waals surface area contributed by atoms with E-state index >= 15 is 0 Å². The maximum Gasteiger partial charge on any atom is 0.338 e. The number of halogens is 2. The number of hydrogen-bond acceptors (Lipinski definition) is 2. The zero-order valence-corrected chi connectivity index (χ0v) is 13.4. The summed E-state index contributed by atoms with van der Waals surface area (Å²) in [5.41, 5.74) is 2.79. The molecular weight excluding hydrogens is 368 g/mol. The highest BCUT2D eigenvalue weighted by Crippen LogP contribution is 2.33. The predicted molar refractivity (Wildman–Crippen MR) is 90.8 cm³/mol. The molecule has 0 bridgehead atoms. The van der Waals surface area contributed by atoms with Gasteiger partial charge in [0.25, 0.3) is 0 Å². The van der Waals surface area contributed by atoms with Crippen molar-refractivity contribution in [2.24, 2.45) is 0 Å². The lowest BCUT2D eigenvalue weighted by Gasteiger charge is -2.04. The summed E-state index contributed by atoms with van der Waals surface area (Å²) in [5.74, 6) is -1.01. The van der Waals surface area contributed by atoms with Crippen molar-refractivity contribution < 1.29 is 9.90 Å². The molecule has 6 heteroatoms. The maximum atomic E-state index is 11.8. The van der Waals surface area contributed by atoms with E-state index in [0.717, 1.165) is 15.4 Å². The minimum atomic E-state index is -1.01. The van der Waals surface area contributed by atoms with E-state index < -0.39 is 5.97 Å². The van der Waals surface area contributed by atoms with Crippen LogP contribution in [-0.4, -0.2) is 21.0 Å². The molecule has 22 heavy (non-hydrogen) atoms. The zero-order valence-electron chi connectivity index (χ0n) is 11.0. The van der Waals surface area contributed by atoms with Crippen LogP contribution >= 0.6 is 27.5 Å². The van der Waals surface area contributed by atoms with Gasteiger partial charge in [0.2, 0.25) is 0 Å². The number of pyridine rings is 1. The lowest BCUT2D eigenvalue weighted by molar-refractivity contribution is 0.0701. The van der Waals surface area contributed by atoms with E-state index in [-0.39, 0.29) is 5.56 Å². The lowest BCUT2D eigenvalue weighted by Crippen LogP contribution is -2.00. The number of carboxylic acid groups (broad SMARTS) is 1. The molecule has 4 rings (SSSR count). The van der Waals surface area contributed by atoms with Crippen LogP contribution in [0.4, 0.5) is 0 Å². The second-order valence-corrected chi connectivity index (χ2v) is 6.34. The normalized spacial score (nSPS) is 11.5. The SMILES string of the molecule is O=C(O)c1c2cc(Cl)ccc2nc2c1[nH]c1ccc(Br)cc12. The van der Waals surface area contributed by atoms with Gasteiger partial charge in [0, 0.05) is 25.8 Å². The Balaban J connectivity index is 2.30. The Morgan fingerprint density at radius 2 is 2.00 bits per heavy atom. The van der Waals surface area contributed by atoms with Gasteiger partial charge < -0.3 is 10.1 Å². The van der Waals surface area contributed by atoms with Crippen molar-refractivity contribution in [1.29, 1.82) is 0 Å². The fourth-order valence-electron chi connectivity index (χ4n) is 2.73. The number of H-pyrrole nitrogens is 1. The highest BCUT2D eigenvalue weighted by atomic mass is 79.9. The monoisotopic (exact) mass is 374 g/mol. The van der Waals surface area contributed by atoms with Crippen molar-refractivity contribution in [3.05, 3.63) is 51.5 Å². The summed E-state index contributed by atoms with van der Waals surface area (Å²) in [4.78, 5) is 19.6. The van der Waals surface area contributed by atoms with Gasteiger partial charge in [0.15, 0.2) is 0 Å². The molecule has 0 fully saturated rings. The molecule has 4 aromatic rings. The van der Waals surface area contributed by atoms with E-state index in [0.29, 0.717) is 27.0 Å². The first-order chi connectivity index (χ1) is 10.5. The molecule has 0 atom stereocenters. The number of nitrogens with zero attached hydrogens (tertiary/aromatic N) is 1. The summed E-state index contributed by atoms with van der Waals surface area (Å²) in [6, 6.07) is 10.8. The van der Waals surface area contributed by atoms with Crippen molar-refractivity contribution in [3.63, 3.8) is 0 Å². The summed E-state index contributed by atoms with van der Waals surface area (Å²) in [6.07, 6.45) is 0. The Kier molecular flexibility index (Phi) is 2.89. The number of aromatic amines is 1. The van der Waals surface area contributed by atoms with Crippen molar-refractivity contribution >= 4 is 66.3 Å². The van der Waals surface area contributed by atoms with E-state index in [1.165, 1.54) is 0 Å². The van der Waals surface area contributed by atoms with Gasteiger partial charge >= 0.3 is 5.97 Å². The minimum Gasteiger partial charge on any atom is -0.478 e. The molecule has 0 aliphatic heterocycles. The molecule has 2 N–H and O–H groups in total. The topological polar surface area (TPSA) is 66.0 Å². The number of carboxylic acids is 1. The largest absolute Gasteiger partial charge is 0.478 e. The molecule has 2 aromatic heterocycles. The molecule has 0 amide bonds. The van der Waals surface area contributed by atoms with Crippen molar-refractivity contribution in [2.45, 2.75) is 0 Å². The molecular formula is C16H8BrClN2O2. The fraction of sp³-hybridized carbons (Fsp3) is 0. The van der Waals surface area contributed by atoms with Crippen LogP contribution < -0.4 is 0 Å². The molecule has 0 unspecified atom stereocenters. The van der Waals surface area contributed by atoms with Crippen LogP contribution in [0.2, 0.25) is 5.02 Å². The molecule has 0 saturated heterocycles. The van der Waals surface area contributed by atoms with Gasteiger partial charge in [-0.05, 0) is 36.4 Å². The van der Waals surface area contributed by atoms with E-state index in [2.05, 4.69) is 25.9 Å². The van der Waals surface area contributed by atoms with E-state index in [1.807, 2.05) is 18.2 Å². The molecule has 0 aliphatic rings. The highest BCUT2D eigenvalue weighted by Gasteiger charge is 2.19. The van der Waals surface area contributed by atoms with Crippen molar-refractivity contribution in [2.75, 3.05) is 0 Å². The van der Waals surface area contributed by atoms with E-state index in [9.17, 15) is 9.90 Å². The summed E-state index contributed by atoms with van der Waals surface area (Å²) in [6.45, 7) is 0. The molecule has 4 nitrogen and oxygen atoms in total. The number of aromatic carboxylic acids is 1. The second kappa shape index (κ2) is 4.69. The van der Waals surface area contributed by atoms with Gasteiger partial charge in [0.05, 0.1) is 22.1 Å². The van der Waals surface area contributed by atoms with Crippen LogP contribution in [0.1, 0.15) is 10.4 Å². The summed E-state index contributed by atoms with van der Waals surface area (Å²) < 4.78 is 0.913. The van der Waals surface area contributed by atoms with Gasteiger partial charge in [-0.25, -0.2) is 9.78 Å². The highest BCUT2D eigenvalue weighted by molar-refractivity contribution is 9.10. The summed E-state index contributed by atoms with van der Waals surface area (Å²) in [7, 11) is 0. The first kappa shape index (κ1) is 13.5. The number of carbonyl (C=O) groups is 1. The predicted octanol–water partition coefficient (Wildman–Crippen LogP) is 4.98. The molecule has 2 heterocycles. The molecule has 108 valence electrons. The summed E-state index contributed by atoms with van der Waals surface area (Å²) in [5, 5.41) is 11.5. The minimum absolute atomic E-state index is 0.190. The van der Waals surface area contributed by atoms with Gasteiger partial charge in [-0.15, -0.1) is 0 Å². The first-order valence-corrected chi connectivity index (χ1v) is 7.65. The number of fused-ring (bicyclic) bond motifs is 4. The Morgan fingerprint density at radius 3 is 2.77 bits per heavy atom. The van der Waals surface area contributed by atoms with Crippen LogP contribution in [0.25, 0.3) is 32.8 Å². The quantitative estimate of drug-likeness (QED) is 0.493. The standard InChI is InChI=1S/C16H8BrClN2O2/c17-7-1-3-12-10(5-7)14-15(20-12)13(16(21)22)9-6-8(18)2-4-11(9)19-14/h1-6,20H,(H,21,22). The van der Waals surface area contributed by atoms with Gasteiger partial charge in [0.1, 0.15) is 0 Å². The van der Waals surface area contributed by atoms with Gasteiger partial charge in [-0.2, -0.15) is 0 Å². The third-order valence-corrected chi connectivity index (χ3v) is 4.39. The smallest absolute Gasteiger partial charge is 0.338 e. The Hall–Kier alpha value is -2.11. The molecule has 0 spiro atoms. The average molecular weight is 376 g/mol. The zero-order chi connectivity index (χ0) is 15.4. The Morgan fingerprint density at radius 1 is 1.18 bits per heavy atom. The second-order valence-electron chi connectivity index (χ2n) is 4.99. The van der Waals surface area contributed by atoms with Crippen LogP contribution in [0.3, 0.4) is 0 Å². The number of benzene rings is 2. The van der Waals surface area contributed by atoms with Gasteiger partial charge in [-0.1, -0.05) is 27.5 Å². The van der Waals surface area contributed by atoms with Crippen molar-refractivity contribution in [3.8, 4) is 0 Å². The third kappa shape index (κ3) is 1.90. The number of rotatable bonds is 1. The first-order valence-electron chi connectivity index (χ1n) is 6.48. The third-order valence-electron chi connectivity index (χ3n) is 3.66. The Labute approximate surface area is 137 Å². The maximum absolute atomic E-state index is 11.8. The van der Waals surface area contributed by atoms with Crippen LogP contribution in [0.15, 0.2) is 40.9 Å². The Bertz CT molecular complexity index is 1090. The average Bonchev–Trinajstić information content (AvgIpc) is 2.81. The van der Waals surface area contributed by atoms with E-state index in [4.69, 9.17) is 11.6 Å². The molecule has 2 aromatic carbocycles. The number of nitrogens with one attached hydrogen (secondary N) is 1. The molecule has 0 saturated carbocycles. The fourth-order valence-corrected chi connectivity index (χ4v) is 3.26. The van der Waals surface area contributed by atoms with Crippen LogP contribution in [-0.2, 0) is 0 Å². The van der Waals surface area contributed by atoms with Gasteiger partial charge in [-0.3, -0.25) is 0 Å². The van der Waals surface area contributed by atoms with Crippen LogP contribution in [0, 0.1) is 0 Å². The number of aromatic nitrogens is 2. The van der Waals surface area contributed by atoms with Crippen molar-refractivity contribution in [1.82, 2.24) is 9.97 Å².